The zero-order valence-electron chi connectivity index (χ0n) is 8.00. The molecule has 0 bridgehead atoms. The molecule has 2 heteroatoms. The second kappa shape index (κ2) is 3.35. The standard InChI is InChI=1S/C10H20N2/c1-8-6-7-9-4-2-3-5-10(9)12(8)11/h8-10H,2-7,11H2,1H3. The first-order chi connectivity index (χ1) is 5.79. The summed E-state index contributed by atoms with van der Waals surface area (Å²) >= 11 is 0. The van der Waals surface area contributed by atoms with E-state index in [-0.39, 0.29) is 0 Å². The van der Waals surface area contributed by atoms with Crippen LogP contribution in [0.25, 0.3) is 0 Å². The molecule has 1 aliphatic carbocycles. The van der Waals surface area contributed by atoms with Crippen molar-refractivity contribution in [3.05, 3.63) is 0 Å². The number of hydrazine groups is 1. The van der Waals surface area contributed by atoms with E-state index in [9.17, 15) is 0 Å². The third kappa shape index (κ3) is 1.38. The van der Waals surface area contributed by atoms with Crippen LogP contribution in [-0.4, -0.2) is 17.1 Å². The van der Waals surface area contributed by atoms with Gasteiger partial charge < -0.3 is 0 Å². The summed E-state index contributed by atoms with van der Waals surface area (Å²) in [4.78, 5) is 0. The minimum absolute atomic E-state index is 0.615. The Morgan fingerprint density at radius 3 is 2.67 bits per heavy atom. The van der Waals surface area contributed by atoms with E-state index < -0.39 is 0 Å². The Morgan fingerprint density at radius 2 is 1.83 bits per heavy atom. The summed E-state index contributed by atoms with van der Waals surface area (Å²) in [6.45, 7) is 2.25. The molecular formula is C10H20N2. The third-order valence-corrected chi connectivity index (χ3v) is 3.72. The SMILES string of the molecule is CC1CCC2CCCCC2N1N. The zero-order chi connectivity index (χ0) is 8.55. The van der Waals surface area contributed by atoms with Crippen LogP contribution < -0.4 is 5.84 Å². The van der Waals surface area contributed by atoms with Crippen LogP contribution in [0.4, 0.5) is 0 Å². The average molecular weight is 168 g/mol. The summed E-state index contributed by atoms with van der Waals surface area (Å²) in [5.74, 6) is 6.98. The predicted octanol–water partition coefficient (Wildman–Crippen LogP) is 1.90. The second-order valence-corrected chi connectivity index (χ2v) is 4.49. The number of nitrogens with two attached hydrogens (primary N) is 1. The van der Waals surface area contributed by atoms with Gasteiger partial charge in [-0.15, -0.1) is 0 Å². The average Bonchev–Trinajstić information content (AvgIpc) is 2.12. The molecule has 1 saturated carbocycles. The van der Waals surface area contributed by atoms with Gasteiger partial charge in [0.1, 0.15) is 0 Å². The van der Waals surface area contributed by atoms with E-state index in [4.69, 9.17) is 5.84 Å². The maximum absolute atomic E-state index is 6.07. The van der Waals surface area contributed by atoms with Crippen molar-refractivity contribution in [1.82, 2.24) is 5.01 Å². The Labute approximate surface area is 75.1 Å². The summed E-state index contributed by atoms with van der Waals surface area (Å²) in [5.41, 5.74) is 0. The summed E-state index contributed by atoms with van der Waals surface area (Å²) in [6, 6.07) is 1.33. The predicted molar refractivity (Wildman–Crippen MR) is 50.5 cm³/mol. The molecule has 2 aliphatic rings. The first-order valence-corrected chi connectivity index (χ1v) is 5.32. The lowest BCUT2D eigenvalue weighted by Gasteiger charge is -2.45. The molecule has 2 N–H and O–H groups in total. The Hall–Kier alpha value is -0.0800. The molecule has 0 aromatic carbocycles. The molecule has 0 aromatic rings. The molecule has 3 atom stereocenters. The first kappa shape index (κ1) is 8.52. The Kier molecular flexibility index (Phi) is 2.37. The fourth-order valence-corrected chi connectivity index (χ4v) is 2.85. The number of nitrogens with zero attached hydrogens (tertiary/aromatic N) is 1. The number of rotatable bonds is 0. The van der Waals surface area contributed by atoms with Crippen molar-refractivity contribution in [2.45, 2.75) is 57.5 Å². The zero-order valence-corrected chi connectivity index (χ0v) is 8.00. The van der Waals surface area contributed by atoms with Crippen LogP contribution in [0.3, 0.4) is 0 Å². The van der Waals surface area contributed by atoms with Crippen LogP contribution in [0.2, 0.25) is 0 Å². The van der Waals surface area contributed by atoms with Gasteiger partial charge in [-0.3, -0.25) is 5.84 Å². The molecular weight excluding hydrogens is 148 g/mol. The van der Waals surface area contributed by atoms with Crippen molar-refractivity contribution in [2.75, 3.05) is 0 Å². The summed E-state index contributed by atoms with van der Waals surface area (Å²) in [5, 5.41) is 2.13. The van der Waals surface area contributed by atoms with Gasteiger partial charge >= 0.3 is 0 Å². The lowest BCUT2D eigenvalue weighted by molar-refractivity contribution is 0.0217. The van der Waals surface area contributed by atoms with Crippen molar-refractivity contribution in [2.24, 2.45) is 11.8 Å². The van der Waals surface area contributed by atoms with Crippen molar-refractivity contribution in [3.63, 3.8) is 0 Å². The molecule has 1 heterocycles. The van der Waals surface area contributed by atoms with E-state index in [1.165, 1.54) is 38.5 Å². The summed E-state index contributed by atoms with van der Waals surface area (Å²) in [7, 11) is 0. The van der Waals surface area contributed by atoms with Gasteiger partial charge in [-0.2, -0.15) is 0 Å². The van der Waals surface area contributed by atoms with Crippen molar-refractivity contribution < 1.29 is 0 Å². The largest absolute Gasteiger partial charge is 0.268 e. The highest BCUT2D eigenvalue weighted by Crippen LogP contribution is 2.35. The maximum Gasteiger partial charge on any atom is 0.0272 e. The Bertz CT molecular complexity index is 156. The van der Waals surface area contributed by atoms with Gasteiger partial charge in [0.2, 0.25) is 0 Å². The van der Waals surface area contributed by atoms with Gasteiger partial charge in [0.05, 0.1) is 0 Å². The van der Waals surface area contributed by atoms with Crippen molar-refractivity contribution in [1.29, 1.82) is 0 Å². The molecule has 12 heavy (non-hydrogen) atoms. The topological polar surface area (TPSA) is 29.3 Å². The van der Waals surface area contributed by atoms with E-state index in [0.717, 1.165) is 5.92 Å². The van der Waals surface area contributed by atoms with Gasteiger partial charge in [-0.1, -0.05) is 12.8 Å². The van der Waals surface area contributed by atoms with Crippen LogP contribution in [0, 0.1) is 5.92 Å². The lowest BCUT2D eigenvalue weighted by Crippen LogP contribution is -2.54. The van der Waals surface area contributed by atoms with Crippen LogP contribution in [-0.2, 0) is 0 Å². The van der Waals surface area contributed by atoms with Crippen LogP contribution in [0.5, 0.6) is 0 Å². The van der Waals surface area contributed by atoms with E-state index in [0.29, 0.717) is 12.1 Å². The normalized spacial score (nSPS) is 44.0. The molecule has 0 amide bonds. The number of piperidine rings is 1. The Morgan fingerprint density at radius 1 is 1.08 bits per heavy atom. The highest BCUT2D eigenvalue weighted by molar-refractivity contribution is 4.87. The van der Waals surface area contributed by atoms with Crippen LogP contribution >= 0.6 is 0 Å². The smallest absolute Gasteiger partial charge is 0.0272 e. The van der Waals surface area contributed by atoms with E-state index >= 15 is 0 Å². The van der Waals surface area contributed by atoms with E-state index in [2.05, 4.69) is 11.9 Å². The molecule has 70 valence electrons. The highest BCUT2D eigenvalue weighted by atomic mass is 15.4. The fraction of sp³-hybridized carbons (Fsp3) is 1.00. The molecule has 0 radical (unpaired) electrons. The first-order valence-electron chi connectivity index (χ1n) is 5.32. The van der Waals surface area contributed by atoms with Gasteiger partial charge in [-0.25, -0.2) is 5.01 Å². The summed E-state index contributed by atoms with van der Waals surface area (Å²) in [6.07, 6.45) is 8.30. The number of hydrogen-bond donors (Lipinski definition) is 1. The van der Waals surface area contributed by atoms with Crippen LogP contribution in [0.15, 0.2) is 0 Å². The molecule has 2 rings (SSSR count). The van der Waals surface area contributed by atoms with Crippen LogP contribution in [0.1, 0.15) is 45.4 Å². The minimum Gasteiger partial charge on any atom is -0.268 e. The van der Waals surface area contributed by atoms with Gasteiger partial charge in [0.15, 0.2) is 0 Å². The van der Waals surface area contributed by atoms with Gasteiger partial charge in [0.25, 0.3) is 0 Å². The molecule has 0 aromatic heterocycles. The fourth-order valence-electron chi connectivity index (χ4n) is 2.85. The minimum atomic E-state index is 0.615. The molecule has 3 unspecified atom stereocenters. The maximum atomic E-state index is 6.07. The molecule has 1 aliphatic heterocycles. The molecule has 0 spiro atoms. The van der Waals surface area contributed by atoms with Crippen molar-refractivity contribution >= 4 is 0 Å². The van der Waals surface area contributed by atoms with Gasteiger partial charge in [0, 0.05) is 12.1 Å². The molecule has 2 fully saturated rings. The second-order valence-electron chi connectivity index (χ2n) is 4.49. The summed E-state index contributed by atoms with van der Waals surface area (Å²) < 4.78 is 0. The quantitative estimate of drug-likeness (QED) is 0.560. The molecule has 1 saturated heterocycles. The van der Waals surface area contributed by atoms with E-state index in [1.807, 2.05) is 0 Å². The molecule has 2 nitrogen and oxygen atoms in total. The third-order valence-electron chi connectivity index (χ3n) is 3.72. The lowest BCUT2D eigenvalue weighted by atomic mass is 9.77. The number of hydrogen-bond acceptors (Lipinski definition) is 2. The number of fused-ring (bicyclic) bond motifs is 1. The van der Waals surface area contributed by atoms with Gasteiger partial charge in [-0.05, 0) is 38.5 Å². The Balaban J connectivity index is 2.03. The monoisotopic (exact) mass is 168 g/mol. The van der Waals surface area contributed by atoms with Crippen molar-refractivity contribution in [3.8, 4) is 0 Å². The highest BCUT2D eigenvalue weighted by Gasteiger charge is 2.34. The van der Waals surface area contributed by atoms with E-state index in [1.54, 1.807) is 0 Å².